The van der Waals surface area contributed by atoms with E-state index in [1.165, 1.54) is 6.42 Å². The fourth-order valence-electron chi connectivity index (χ4n) is 1.99. The zero-order chi connectivity index (χ0) is 7.19. The number of allylic oxidation sites excluding steroid dienone is 1. The first-order valence-corrected chi connectivity index (χ1v) is 3.99. The van der Waals surface area contributed by atoms with E-state index in [1.54, 1.807) is 0 Å². The summed E-state index contributed by atoms with van der Waals surface area (Å²) in [6, 6.07) is 0. The van der Waals surface area contributed by atoms with Crippen LogP contribution in [0.15, 0.2) is 12.3 Å². The zero-order valence-corrected chi connectivity index (χ0v) is 6.63. The van der Waals surface area contributed by atoms with Crippen molar-refractivity contribution in [2.75, 3.05) is 6.61 Å². The molecule has 1 fully saturated rings. The molecule has 2 bridgehead atoms. The summed E-state index contributed by atoms with van der Waals surface area (Å²) >= 11 is 0. The van der Waals surface area contributed by atoms with Gasteiger partial charge in [-0.2, -0.15) is 0 Å². The van der Waals surface area contributed by atoms with Crippen LogP contribution in [-0.2, 0) is 4.74 Å². The van der Waals surface area contributed by atoms with Crippen molar-refractivity contribution in [1.82, 2.24) is 0 Å². The molecule has 0 saturated heterocycles. The van der Waals surface area contributed by atoms with Gasteiger partial charge >= 0.3 is 0 Å². The lowest BCUT2D eigenvalue weighted by molar-refractivity contribution is -0.0146. The Labute approximate surface area is 62.1 Å². The Balaban J connectivity index is 2.21. The van der Waals surface area contributed by atoms with E-state index in [2.05, 4.69) is 19.9 Å². The highest BCUT2D eigenvalue weighted by Crippen LogP contribution is 2.53. The van der Waals surface area contributed by atoms with Crippen molar-refractivity contribution >= 4 is 0 Å². The van der Waals surface area contributed by atoms with Crippen molar-refractivity contribution in [2.45, 2.75) is 20.3 Å². The maximum Gasteiger partial charge on any atom is 0.0906 e. The summed E-state index contributed by atoms with van der Waals surface area (Å²) in [5.74, 6) is 1.58. The summed E-state index contributed by atoms with van der Waals surface area (Å²) in [6.07, 6.45) is 5.42. The van der Waals surface area contributed by atoms with Gasteiger partial charge in [0, 0.05) is 0 Å². The van der Waals surface area contributed by atoms with Gasteiger partial charge in [0.05, 0.1) is 12.9 Å². The van der Waals surface area contributed by atoms with Crippen LogP contribution in [-0.4, -0.2) is 6.61 Å². The monoisotopic (exact) mass is 138 g/mol. The van der Waals surface area contributed by atoms with Crippen LogP contribution in [0.1, 0.15) is 20.3 Å². The second-order valence-electron chi connectivity index (χ2n) is 4.02. The second-order valence-corrected chi connectivity index (χ2v) is 4.02. The van der Waals surface area contributed by atoms with Gasteiger partial charge in [0.1, 0.15) is 0 Å². The molecule has 1 saturated carbocycles. The fourth-order valence-corrected chi connectivity index (χ4v) is 1.99. The van der Waals surface area contributed by atoms with Crippen LogP contribution in [0, 0.1) is 17.3 Å². The number of rotatable bonds is 0. The molecule has 3 aliphatic rings. The van der Waals surface area contributed by atoms with E-state index in [4.69, 9.17) is 4.74 Å². The first kappa shape index (κ1) is 6.26. The molecule has 0 radical (unpaired) electrons. The molecule has 2 aliphatic heterocycles. The molecule has 0 N–H and O–H groups in total. The Morgan fingerprint density at radius 1 is 1.50 bits per heavy atom. The highest BCUT2D eigenvalue weighted by atomic mass is 16.5. The van der Waals surface area contributed by atoms with Crippen molar-refractivity contribution < 1.29 is 4.74 Å². The van der Waals surface area contributed by atoms with Gasteiger partial charge in [-0.1, -0.05) is 13.8 Å². The lowest BCUT2D eigenvalue weighted by atomic mass is 9.55. The van der Waals surface area contributed by atoms with E-state index in [0.29, 0.717) is 5.41 Å². The van der Waals surface area contributed by atoms with Gasteiger partial charge in [-0.05, 0) is 29.7 Å². The van der Waals surface area contributed by atoms with E-state index >= 15 is 0 Å². The number of hydrogen-bond acceptors (Lipinski definition) is 1. The molecule has 0 amide bonds. The van der Waals surface area contributed by atoms with Gasteiger partial charge in [-0.3, -0.25) is 0 Å². The molecule has 2 unspecified atom stereocenters. The van der Waals surface area contributed by atoms with E-state index in [9.17, 15) is 0 Å². The maximum absolute atomic E-state index is 5.30. The molecule has 2 heterocycles. The van der Waals surface area contributed by atoms with Crippen LogP contribution in [0.5, 0.6) is 0 Å². The average molecular weight is 138 g/mol. The quantitative estimate of drug-likeness (QED) is 0.498. The summed E-state index contributed by atoms with van der Waals surface area (Å²) < 4.78 is 5.30. The number of fused-ring (bicyclic) bond motifs is 2. The highest BCUT2D eigenvalue weighted by molar-refractivity contribution is 5.07. The smallest absolute Gasteiger partial charge is 0.0906 e. The first-order chi connectivity index (χ1) is 4.71. The lowest BCUT2D eigenvalue weighted by Crippen LogP contribution is -2.44. The van der Waals surface area contributed by atoms with Crippen molar-refractivity contribution in [3.8, 4) is 0 Å². The van der Waals surface area contributed by atoms with Crippen LogP contribution in [0.4, 0.5) is 0 Å². The Hall–Kier alpha value is -0.460. The predicted octanol–water partition coefficient (Wildman–Crippen LogP) is 2.19. The number of hydrogen-bond donors (Lipinski definition) is 0. The van der Waals surface area contributed by atoms with E-state index in [-0.39, 0.29) is 0 Å². The van der Waals surface area contributed by atoms with Crippen LogP contribution in [0.25, 0.3) is 0 Å². The second kappa shape index (κ2) is 1.77. The Morgan fingerprint density at radius 3 is 3.00 bits per heavy atom. The molecule has 1 aliphatic carbocycles. The highest BCUT2D eigenvalue weighted by Gasteiger charge is 2.47. The summed E-state index contributed by atoms with van der Waals surface area (Å²) in [7, 11) is 0. The van der Waals surface area contributed by atoms with E-state index < -0.39 is 0 Å². The van der Waals surface area contributed by atoms with Gasteiger partial charge in [0.25, 0.3) is 0 Å². The van der Waals surface area contributed by atoms with Gasteiger partial charge in [-0.15, -0.1) is 0 Å². The first-order valence-electron chi connectivity index (χ1n) is 3.99. The number of ether oxygens (including phenoxy) is 1. The van der Waals surface area contributed by atoms with E-state index in [1.807, 2.05) is 6.26 Å². The molecule has 1 heteroatoms. The molecule has 0 aromatic rings. The predicted molar refractivity (Wildman–Crippen MR) is 40.5 cm³/mol. The summed E-state index contributed by atoms with van der Waals surface area (Å²) in [5.41, 5.74) is 0.507. The van der Waals surface area contributed by atoms with Gasteiger partial charge < -0.3 is 4.74 Å². The molecule has 0 aromatic carbocycles. The summed E-state index contributed by atoms with van der Waals surface area (Å²) in [4.78, 5) is 0. The fraction of sp³-hybridized carbons (Fsp3) is 0.778. The minimum atomic E-state index is 0.507. The Kier molecular flexibility index (Phi) is 1.11. The largest absolute Gasteiger partial charge is 0.501 e. The van der Waals surface area contributed by atoms with Crippen LogP contribution in [0.3, 0.4) is 0 Å². The Morgan fingerprint density at radius 2 is 2.30 bits per heavy atom. The molecular formula is C9H14O. The van der Waals surface area contributed by atoms with Crippen molar-refractivity contribution in [2.24, 2.45) is 17.3 Å². The van der Waals surface area contributed by atoms with Gasteiger partial charge in [0.2, 0.25) is 0 Å². The minimum absolute atomic E-state index is 0.507. The summed E-state index contributed by atoms with van der Waals surface area (Å²) in [5, 5.41) is 0. The molecule has 3 rings (SSSR count). The Bertz CT molecular complexity index is 168. The molecule has 0 aromatic heterocycles. The van der Waals surface area contributed by atoms with Crippen molar-refractivity contribution in [1.29, 1.82) is 0 Å². The van der Waals surface area contributed by atoms with E-state index in [0.717, 1.165) is 18.4 Å². The average Bonchev–Trinajstić information content (AvgIpc) is 2.17. The third-order valence-corrected chi connectivity index (χ3v) is 3.25. The molecule has 2 atom stereocenters. The third kappa shape index (κ3) is 0.635. The van der Waals surface area contributed by atoms with Crippen LogP contribution in [0.2, 0.25) is 0 Å². The van der Waals surface area contributed by atoms with Gasteiger partial charge in [-0.25, -0.2) is 0 Å². The molecule has 1 nitrogen and oxygen atoms in total. The standard InChI is InChI=1S/C9H14O/c1-9(2)7-3-4-10-6-8(9)5-7/h3-4,7-8H,5-6H2,1-2H3. The zero-order valence-electron chi connectivity index (χ0n) is 6.63. The van der Waals surface area contributed by atoms with Crippen molar-refractivity contribution in [3.05, 3.63) is 12.3 Å². The van der Waals surface area contributed by atoms with Crippen molar-refractivity contribution in [3.63, 3.8) is 0 Å². The summed E-state index contributed by atoms with van der Waals surface area (Å²) in [6.45, 7) is 5.61. The lowest BCUT2D eigenvalue weighted by Gasteiger charge is -2.49. The molecule has 10 heavy (non-hydrogen) atoms. The molecule has 56 valence electrons. The van der Waals surface area contributed by atoms with Gasteiger partial charge in [0.15, 0.2) is 0 Å². The topological polar surface area (TPSA) is 9.23 Å². The minimum Gasteiger partial charge on any atom is -0.501 e. The normalized spacial score (nSPS) is 41.4. The molecule has 0 spiro atoms. The maximum atomic E-state index is 5.30. The SMILES string of the molecule is CC1(C)C2C=COCC1C2. The molecular weight excluding hydrogens is 124 g/mol. The third-order valence-electron chi connectivity index (χ3n) is 3.25. The van der Waals surface area contributed by atoms with Crippen LogP contribution < -0.4 is 0 Å². The van der Waals surface area contributed by atoms with Crippen LogP contribution >= 0.6 is 0 Å².